The molecule has 6 nitrogen and oxygen atoms in total. The number of nitrogens with one attached hydrogen (secondary N) is 2. The van der Waals surface area contributed by atoms with Crippen molar-refractivity contribution in [2.24, 2.45) is 0 Å². The van der Waals surface area contributed by atoms with Gasteiger partial charge in [-0.1, -0.05) is 0 Å². The fraction of sp³-hybridized carbons (Fsp3) is 0.294. The number of methoxy groups -OCH3 is 2. The second-order valence-corrected chi connectivity index (χ2v) is 5.25. The Morgan fingerprint density at radius 3 is 2.48 bits per heavy atom. The van der Waals surface area contributed by atoms with Crippen LogP contribution in [0.4, 0.5) is 11.4 Å². The molecule has 2 aromatic rings. The van der Waals surface area contributed by atoms with Crippen molar-refractivity contribution in [3.63, 3.8) is 0 Å². The van der Waals surface area contributed by atoms with E-state index in [0.29, 0.717) is 28.9 Å². The molecule has 2 N–H and O–H groups in total. The molecule has 23 heavy (non-hydrogen) atoms. The van der Waals surface area contributed by atoms with E-state index >= 15 is 0 Å². The fourth-order valence-electron chi connectivity index (χ4n) is 2.04. The number of rotatable bonds is 6. The lowest BCUT2D eigenvalue weighted by atomic mass is 10.2. The highest BCUT2D eigenvalue weighted by molar-refractivity contribution is 6.03. The molecule has 0 aliphatic carbocycles. The zero-order valence-corrected chi connectivity index (χ0v) is 13.7. The van der Waals surface area contributed by atoms with Gasteiger partial charge in [-0.05, 0) is 38.1 Å². The van der Waals surface area contributed by atoms with Crippen LogP contribution in [0.3, 0.4) is 0 Å². The Kier molecular flexibility index (Phi) is 5.41. The van der Waals surface area contributed by atoms with Gasteiger partial charge in [0.25, 0.3) is 5.91 Å². The molecule has 0 atom stereocenters. The number of pyridine rings is 1. The molecule has 6 heteroatoms. The Balaban J connectivity index is 2.12. The molecule has 0 aliphatic heterocycles. The number of anilines is 2. The SMILES string of the molecule is COc1ccc(NC(=O)c2ccc(NC(C)C)cn2)c(OC)c1. The molecule has 1 aromatic carbocycles. The standard InChI is InChI=1S/C17H21N3O3/c1-11(2)19-12-5-7-15(18-10-12)17(21)20-14-8-6-13(22-3)9-16(14)23-4/h5-11,19H,1-4H3,(H,20,21). The van der Waals surface area contributed by atoms with E-state index in [1.165, 1.54) is 7.11 Å². The van der Waals surface area contributed by atoms with Crippen molar-refractivity contribution in [1.29, 1.82) is 0 Å². The van der Waals surface area contributed by atoms with Gasteiger partial charge in [-0.3, -0.25) is 4.79 Å². The van der Waals surface area contributed by atoms with Gasteiger partial charge in [0, 0.05) is 12.1 Å². The summed E-state index contributed by atoms with van der Waals surface area (Å²) in [6.07, 6.45) is 1.64. The maximum atomic E-state index is 12.3. The fourth-order valence-corrected chi connectivity index (χ4v) is 2.04. The minimum atomic E-state index is -0.301. The maximum absolute atomic E-state index is 12.3. The molecule has 0 fully saturated rings. The number of benzene rings is 1. The number of amides is 1. The number of carbonyl (C=O) groups is 1. The van der Waals surface area contributed by atoms with E-state index in [1.54, 1.807) is 37.6 Å². The van der Waals surface area contributed by atoms with Crippen LogP contribution in [0, 0.1) is 0 Å². The third kappa shape index (κ3) is 4.35. The molecular formula is C17H21N3O3. The third-order valence-corrected chi connectivity index (χ3v) is 3.11. The Hall–Kier alpha value is -2.76. The summed E-state index contributed by atoms with van der Waals surface area (Å²) >= 11 is 0. The Morgan fingerprint density at radius 2 is 1.91 bits per heavy atom. The van der Waals surface area contributed by atoms with Crippen LogP contribution in [0.2, 0.25) is 0 Å². The molecule has 0 radical (unpaired) electrons. The summed E-state index contributed by atoms with van der Waals surface area (Å²) in [6, 6.07) is 8.99. The Bertz CT molecular complexity index is 669. The van der Waals surface area contributed by atoms with Crippen LogP contribution >= 0.6 is 0 Å². The molecule has 0 unspecified atom stereocenters. The van der Waals surface area contributed by atoms with E-state index in [1.807, 2.05) is 19.9 Å². The number of ether oxygens (including phenoxy) is 2. The van der Waals surface area contributed by atoms with Crippen molar-refractivity contribution in [2.45, 2.75) is 19.9 Å². The molecule has 2 rings (SSSR count). The summed E-state index contributed by atoms with van der Waals surface area (Å²) in [7, 11) is 3.11. The van der Waals surface area contributed by atoms with Crippen molar-refractivity contribution in [3.05, 3.63) is 42.2 Å². The number of aromatic nitrogens is 1. The predicted molar refractivity (Wildman–Crippen MR) is 90.5 cm³/mol. The van der Waals surface area contributed by atoms with Gasteiger partial charge in [-0.2, -0.15) is 0 Å². The van der Waals surface area contributed by atoms with Crippen molar-refractivity contribution in [3.8, 4) is 11.5 Å². The zero-order valence-electron chi connectivity index (χ0n) is 13.7. The van der Waals surface area contributed by atoms with Crippen LogP contribution in [0.15, 0.2) is 36.5 Å². The first-order valence-electron chi connectivity index (χ1n) is 7.29. The van der Waals surface area contributed by atoms with Crippen LogP contribution in [-0.4, -0.2) is 31.2 Å². The number of hydrogen-bond acceptors (Lipinski definition) is 5. The van der Waals surface area contributed by atoms with Crippen molar-refractivity contribution >= 4 is 17.3 Å². The molecule has 0 saturated carbocycles. The second-order valence-electron chi connectivity index (χ2n) is 5.25. The predicted octanol–water partition coefficient (Wildman–Crippen LogP) is 3.17. The van der Waals surface area contributed by atoms with Gasteiger partial charge >= 0.3 is 0 Å². The molecule has 0 aliphatic rings. The quantitative estimate of drug-likeness (QED) is 0.856. The monoisotopic (exact) mass is 315 g/mol. The van der Waals surface area contributed by atoms with Gasteiger partial charge < -0.3 is 20.1 Å². The second kappa shape index (κ2) is 7.49. The third-order valence-electron chi connectivity index (χ3n) is 3.11. The highest BCUT2D eigenvalue weighted by atomic mass is 16.5. The highest BCUT2D eigenvalue weighted by Crippen LogP contribution is 2.29. The molecule has 1 amide bonds. The molecule has 0 bridgehead atoms. The van der Waals surface area contributed by atoms with Gasteiger partial charge in [0.05, 0.1) is 31.8 Å². The summed E-state index contributed by atoms with van der Waals surface area (Å²) in [4.78, 5) is 16.5. The maximum Gasteiger partial charge on any atom is 0.274 e. The highest BCUT2D eigenvalue weighted by Gasteiger charge is 2.12. The molecule has 1 heterocycles. The van der Waals surface area contributed by atoms with Crippen LogP contribution in [0.5, 0.6) is 11.5 Å². The van der Waals surface area contributed by atoms with E-state index in [9.17, 15) is 4.79 Å². The normalized spacial score (nSPS) is 10.3. The molecule has 0 spiro atoms. The first-order valence-corrected chi connectivity index (χ1v) is 7.29. The van der Waals surface area contributed by atoms with Crippen LogP contribution in [0.25, 0.3) is 0 Å². The zero-order chi connectivity index (χ0) is 16.8. The number of nitrogens with zero attached hydrogens (tertiary/aromatic N) is 1. The molecule has 0 saturated heterocycles. The first-order chi connectivity index (χ1) is 11.0. The Morgan fingerprint density at radius 1 is 1.13 bits per heavy atom. The summed E-state index contributed by atoms with van der Waals surface area (Å²) < 4.78 is 10.4. The summed E-state index contributed by atoms with van der Waals surface area (Å²) in [6.45, 7) is 4.08. The van der Waals surface area contributed by atoms with Gasteiger partial charge in [-0.15, -0.1) is 0 Å². The lowest BCUT2D eigenvalue weighted by Crippen LogP contribution is -2.15. The van der Waals surface area contributed by atoms with Gasteiger partial charge in [0.2, 0.25) is 0 Å². The van der Waals surface area contributed by atoms with Crippen LogP contribution in [0.1, 0.15) is 24.3 Å². The van der Waals surface area contributed by atoms with Gasteiger partial charge in [0.1, 0.15) is 17.2 Å². The van der Waals surface area contributed by atoms with E-state index in [0.717, 1.165) is 5.69 Å². The smallest absolute Gasteiger partial charge is 0.274 e. The van der Waals surface area contributed by atoms with Gasteiger partial charge in [0.15, 0.2) is 0 Å². The first kappa shape index (κ1) is 16.6. The topological polar surface area (TPSA) is 72.5 Å². The lowest BCUT2D eigenvalue weighted by Gasteiger charge is -2.12. The van der Waals surface area contributed by atoms with Gasteiger partial charge in [-0.25, -0.2) is 4.98 Å². The summed E-state index contributed by atoms with van der Waals surface area (Å²) in [5.41, 5.74) is 1.76. The van der Waals surface area contributed by atoms with E-state index in [-0.39, 0.29) is 5.91 Å². The number of hydrogen-bond donors (Lipinski definition) is 2. The Labute approximate surface area is 135 Å². The van der Waals surface area contributed by atoms with Crippen molar-refractivity contribution in [1.82, 2.24) is 4.98 Å². The molecule has 122 valence electrons. The average Bonchev–Trinajstić information content (AvgIpc) is 2.55. The minimum absolute atomic E-state index is 0.301. The summed E-state index contributed by atoms with van der Waals surface area (Å²) in [5, 5.41) is 6.01. The van der Waals surface area contributed by atoms with E-state index < -0.39 is 0 Å². The van der Waals surface area contributed by atoms with Crippen LogP contribution in [-0.2, 0) is 0 Å². The lowest BCUT2D eigenvalue weighted by molar-refractivity contribution is 0.102. The minimum Gasteiger partial charge on any atom is -0.497 e. The molecular weight excluding hydrogens is 294 g/mol. The molecule has 1 aromatic heterocycles. The van der Waals surface area contributed by atoms with E-state index in [4.69, 9.17) is 9.47 Å². The van der Waals surface area contributed by atoms with Crippen LogP contribution < -0.4 is 20.1 Å². The van der Waals surface area contributed by atoms with E-state index in [2.05, 4.69) is 15.6 Å². The number of carbonyl (C=O) groups excluding carboxylic acids is 1. The summed E-state index contributed by atoms with van der Waals surface area (Å²) in [5.74, 6) is 0.877. The average molecular weight is 315 g/mol. The van der Waals surface area contributed by atoms with Crippen molar-refractivity contribution < 1.29 is 14.3 Å². The van der Waals surface area contributed by atoms with Crippen molar-refractivity contribution in [2.75, 3.05) is 24.9 Å². The largest absolute Gasteiger partial charge is 0.497 e.